The van der Waals surface area contributed by atoms with E-state index in [2.05, 4.69) is 23.4 Å². The van der Waals surface area contributed by atoms with Crippen LogP contribution in [0.2, 0.25) is 0 Å². The molecule has 0 aliphatic carbocycles. The maximum atomic E-state index is 12.0. The minimum absolute atomic E-state index is 0.178. The van der Waals surface area contributed by atoms with E-state index in [-0.39, 0.29) is 23.5 Å². The number of ketones is 1. The zero-order valence-electron chi connectivity index (χ0n) is 17.0. The molecular formula is C22H31NO4S. The minimum Gasteiger partial charge on any atom is -0.466 e. The second kappa shape index (κ2) is 9.79. The van der Waals surface area contributed by atoms with Crippen molar-refractivity contribution in [3.05, 3.63) is 21.7 Å². The number of Topliss-reactive ketones (excluding diaryl/α,β-unsaturated/α-hetero) is 1. The van der Waals surface area contributed by atoms with E-state index >= 15 is 0 Å². The van der Waals surface area contributed by atoms with Crippen molar-refractivity contribution in [1.82, 2.24) is 4.98 Å². The highest BCUT2D eigenvalue weighted by Crippen LogP contribution is 2.49. The number of esters is 1. The highest BCUT2D eigenvalue weighted by atomic mass is 32.1. The van der Waals surface area contributed by atoms with E-state index < -0.39 is 0 Å². The average Bonchev–Trinajstić information content (AvgIpc) is 3.21. The Labute approximate surface area is 171 Å². The van der Waals surface area contributed by atoms with Gasteiger partial charge >= 0.3 is 5.97 Å². The summed E-state index contributed by atoms with van der Waals surface area (Å²) in [6, 6.07) is 0. The van der Waals surface area contributed by atoms with Crippen LogP contribution < -0.4 is 0 Å². The first-order valence-electron chi connectivity index (χ1n) is 10.5. The van der Waals surface area contributed by atoms with Crippen LogP contribution in [0, 0.1) is 6.92 Å². The number of aryl methyl sites for hydroxylation is 1. The first-order chi connectivity index (χ1) is 13.5. The number of epoxide rings is 1. The number of carbonyl (C=O) groups excluding carboxylic acids is 2. The fourth-order valence-corrected chi connectivity index (χ4v) is 4.59. The molecule has 2 fully saturated rings. The lowest BCUT2D eigenvalue weighted by Gasteiger charge is -2.15. The summed E-state index contributed by atoms with van der Waals surface area (Å²) >= 11 is 1.64. The molecule has 3 rings (SSSR count). The monoisotopic (exact) mass is 405 g/mol. The van der Waals surface area contributed by atoms with Crippen LogP contribution >= 0.6 is 11.3 Å². The molecule has 2 aliphatic heterocycles. The maximum Gasteiger partial charge on any atom is 0.305 e. The number of hydrogen-bond donors (Lipinski definition) is 0. The van der Waals surface area contributed by atoms with Crippen LogP contribution in [0.1, 0.15) is 81.8 Å². The number of ether oxygens (including phenoxy) is 2. The third-order valence-electron chi connectivity index (χ3n) is 5.73. The number of rotatable bonds is 2. The highest BCUT2D eigenvalue weighted by molar-refractivity contribution is 7.09. The molecule has 2 unspecified atom stereocenters. The molecule has 1 aromatic rings. The Hall–Kier alpha value is -1.53. The number of fused-ring (bicyclic) bond motifs is 1. The van der Waals surface area contributed by atoms with E-state index in [1.54, 1.807) is 11.3 Å². The van der Waals surface area contributed by atoms with Crippen LogP contribution in [-0.2, 0) is 19.1 Å². The Morgan fingerprint density at radius 2 is 1.96 bits per heavy atom. The quantitative estimate of drug-likeness (QED) is 0.510. The summed E-state index contributed by atoms with van der Waals surface area (Å²) in [5, 5.41) is 3.11. The number of thiazole rings is 1. The highest BCUT2D eigenvalue weighted by Gasteiger charge is 2.56. The van der Waals surface area contributed by atoms with Crippen molar-refractivity contribution in [2.24, 2.45) is 0 Å². The Balaban J connectivity index is 1.64. The largest absolute Gasteiger partial charge is 0.466 e. The molecule has 154 valence electrons. The van der Waals surface area contributed by atoms with Crippen molar-refractivity contribution in [3.8, 4) is 0 Å². The van der Waals surface area contributed by atoms with Crippen LogP contribution in [0.15, 0.2) is 11.0 Å². The van der Waals surface area contributed by atoms with E-state index in [1.807, 2.05) is 6.92 Å². The fourth-order valence-electron chi connectivity index (χ4n) is 4.02. The van der Waals surface area contributed by atoms with Gasteiger partial charge in [-0.3, -0.25) is 9.59 Å². The van der Waals surface area contributed by atoms with Gasteiger partial charge in [-0.25, -0.2) is 4.98 Å². The molecule has 2 aliphatic rings. The summed E-state index contributed by atoms with van der Waals surface area (Å²) in [5.74, 6) is 0.0477. The topological polar surface area (TPSA) is 68.8 Å². The molecule has 2 atom stereocenters. The molecule has 1 aromatic heterocycles. The van der Waals surface area contributed by atoms with Crippen molar-refractivity contribution in [2.75, 3.05) is 6.61 Å². The van der Waals surface area contributed by atoms with Crippen LogP contribution in [0.3, 0.4) is 0 Å². The molecule has 0 saturated carbocycles. The molecule has 0 bridgehead atoms. The van der Waals surface area contributed by atoms with Crippen molar-refractivity contribution in [1.29, 1.82) is 0 Å². The molecule has 0 spiro atoms. The number of aromatic nitrogens is 1. The standard InChI is InChI=1S/C22H31NO4S/c1-16(14-18-15-28-17(2)23-18)22-12-13-26-21(25)11-7-9-19(24)8-5-3-4-6-10-20(22)27-22/h14-15,20H,3-13H2,1-2H3. The van der Waals surface area contributed by atoms with Crippen LogP contribution in [0.5, 0.6) is 0 Å². The molecular weight excluding hydrogens is 374 g/mol. The first kappa shape index (κ1) is 21.2. The van der Waals surface area contributed by atoms with Gasteiger partial charge in [-0.1, -0.05) is 19.3 Å². The predicted octanol–water partition coefficient (Wildman–Crippen LogP) is 5.02. The van der Waals surface area contributed by atoms with Gasteiger partial charge in [-0.05, 0) is 44.8 Å². The average molecular weight is 406 g/mol. The summed E-state index contributed by atoms with van der Waals surface area (Å²) in [7, 11) is 0. The predicted molar refractivity (Wildman–Crippen MR) is 110 cm³/mol. The van der Waals surface area contributed by atoms with Gasteiger partial charge in [0.15, 0.2) is 0 Å². The van der Waals surface area contributed by atoms with Crippen LogP contribution in [0.4, 0.5) is 0 Å². The summed E-state index contributed by atoms with van der Waals surface area (Å²) < 4.78 is 11.6. The van der Waals surface area contributed by atoms with Gasteiger partial charge < -0.3 is 9.47 Å². The summed E-state index contributed by atoms with van der Waals surface area (Å²) in [6.45, 7) is 4.45. The van der Waals surface area contributed by atoms with Crippen LogP contribution in [0.25, 0.3) is 6.08 Å². The Morgan fingerprint density at radius 3 is 2.75 bits per heavy atom. The lowest BCUT2D eigenvalue weighted by molar-refractivity contribution is -0.144. The first-order valence-corrected chi connectivity index (χ1v) is 11.3. The lowest BCUT2D eigenvalue weighted by atomic mass is 9.90. The molecule has 0 aromatic carbocycles. The Morgan fingerprint density at radius 1 is 1.18 bits per heavy atom. The Bertz CT molecular complexity index is 726. The third-order valence-corrected chi connectivity index (χ3v) is 6.52. The van der Waals surface area contributed by atoms with E-state index in [0.717, 1.165) is 48.4 Å². The molecule has 28 heavy (non-hydrogen) atoms. The number of cyclic esters (lactones) is 1. The van der Waals surface area contributed by atoms with Gasteiger partial charge in [-0.2, -0.15) is 0 Å². The summed E-state index contributed by atoms with van der Waals surface area (Å²) in [5.41, 5.74) is 1.80. The molecule has 0 radical (unpaired) electrons. The zero-order valence-corrected chi connectivity index (χ0v) is 17.8. The van der Waals surface area contributed by atoms with Gasteiger partial charge in [0, 0.05) is 31.1 Å². The smallest absolute Gasteiger partial charge is 0.305 e. The third kappa shape index (κ3) is 5.74. The van der Waals surface area contributed by atoms with E-state index in [1.165, 1.54) is 0 Å². The zero-order chi connectivity index (χ0) is 20.0. The number of hydrogen-bond acceptors (Lipinski definition) is 6. The molecule has 0 amide bonds. The fraction of sp³-hybridized carbons (Fsp3) is 0.682. The van der Waals surface area contributed by atoms with E-state index in [4.69, 9.17) is 9.47 Å². The summed E-state index contributed by atoms with van der Waals surface area (Å²) in [4.78, 5) is 28.3. The summed E-state index contributed by atoms with van der Waals surface area (Å²) in [6.07, 6.45) is 10.2. The molecule has 3 heterocycles. The van der Waals surface area contributed by atoms with Crippen LogP contribution in [-0.4, -0.2) is 35.0 Å². The maximum absolute atomic E-state index is 12.0. The van der Waals surface area contributed by atoms with Crippen molar-refractivity contribution >= 4 is 29.2 Å². The lowest BCUT2D eigenvalue weighted by Crippen LogP contribution is -2.21. The van der Waals surface area contributed by atoms with E-state index in [0.29, 0.717) is 38.7 Å². The Kier molecular flexibility index (Phi) is 7.41. The van der Waals surface area contributed by atoms with Gasteiger partial charge in [0.05, 0.1) is 23.4 Å². The number of carbonyl (C=O) groups is 2. The van der Waals surface area contributed by atoms with Crippen molar-refractivity contribution < 1.29 is 19.1 Å². The second-order valence-electron chi connectivity index (χ2n) is 7.93. The van der Waals surface area contributed by atoms with Gasteiger partial charge in [0.1, 0.15) is 11.4 Å². The minimum atomic E-state index is -0.329. The van der Waals surface area contributed by atoms with Gasteiger partial charge in [0.25, 0.3) is 0 Å². The molecule has 5 nitrogen and oxygen atoms in total. The molecule has 2 saturated heterocycles. The van der Waals surface area contributed by atoms with Gasteiger partial charge in [0.2, 0.25) is 0 Å². The molecule has 6 heteroatoms. The van der Waals surface area contributed by atoms with E-state index in [9.17, 15) is 9.59 Å². The normalized spacial score (nSPS) is 28.5. The molecule has 0 N–H and O–H groups in total. The van der Waals surface area contributed by atoms with Gasteiger partial charge in [-0.15, -0.1) is 11.3 Å². The number of nitrogens with zero attached hydrogens (tertiary/aromatic N) is 1. The van der Waals surface area contributed by atoms with Crippen molar-refractivity contribution in [3.63, 3.8) is 0 Å². The SMILES string of the molecule is CC(=Cc1csc(C)n1)C12CCOC(=O)CCCC(=O)CCCCCCC1O2. The second-order valence-corrected chi connectivity index (χ2v) is 8.99. The van der Waals surface area contributed by atoms with Crippen molar-refractivity contribution in [2.45, 2.75) is 89.8 Å².